The van der Waals surface area contributed by atoms with Crippen LogP contribution in [0.1, 0.15) is 5.56 Å². The molecule has 3 nitrogen and oxygen atoms in total. The maximum atomic E-state index is 9.08. The van der Waals surface area contributed by atoms with Crippen LogP contribution < -0.4 is 4.94 Å². The van der Waals surface area contributed by atoms with Crippen molar-refractivity contribution >= 4 is 23.6 Å². The van der Waals surface area contributed by atoms with Crippen molar-refractivity contribution in [2.45, 2.75) is 6.54 Å². The second-order valence-corrected chi connectivity index (χ2v) is 2.85. The van der Waals surface area contributed by atoms with E-state index in [-0.39, 0.29) is 5.75 Å². The first-order chi connectivity index (χ1) is 5.72. The van der Waals surface area contributed by atoms with Gasteiger partial charge in [-0.25, -0.2) is 0 Å². The average molecular weight is 207 g/mol. The normalized spacial score (nSPS) is 10.6. The molecule has 2 N–H and O–H groups in total. The molecule has 0 heterocycles. The zero-order chi connectivity index (χ0) is 8.97. The van der Waals surface area contributed by atoms with Gasteiger partial charge in [-0.2, -0.15) is 4.94 Å². The van der Waals surface area contributed by atoms with Gasteiger partial charge in [-0.15, -0.1) is 4.53 Å². The summed E-state index contributed by atoms with van der Waals surface area (Å²) in [5.41, 5.74) is 0.873. The van der Waals surface area contributed by atoms with Crippen LogP contribution in [0.2, 0.25) is 0 Å². The minimum Gasteiger partial charge on any atom is -0.508 e. The summed E-state index contributed by atoms with van der Waals surface area (Å²) in [6.07, 6.45) is 0. The van der Waals surface area contributed by atoms with Gasteiger partial charge < -0.3 is 5.11 Å². The molecule has 0 amide bonds. The first-order valence-corrected chi connectivity index (χ1v) is 4.01. The monoisotopic (exact) mass is 206 g/mol. The highest BCUT2D eigenvalue weighted by Gasteiger charge is 2.00. The van der Waals surface area contributed by atoms with Crippen LogP contribution in [-0.4, -0.2) is 9.63 Å². The number of aromatic hydroxyl groups is 1. The van der Waals surface area contributed by atoms with E-state index >= 15 is 0 Å². The lowest BCUT2D eigenvalue weighted by atomic mass is 10.2. The van der Waals surface area contributed by atoms with Gasteiger partial charge in [-0.05, 0) is 41.2 Å². The molecular formula is C7H8Cl2N2O. The van der Waals surface area contributed by atoms with Crippen molar-refractivity contribution in [2.75, 3.05) is 0 Å². The summed E-state index contributed by atoms with van der Waals surface area (Å²) in [6, 6.07) is 6.78. The fraction of sp³-hybridized carbons (Fsp3) is 0.143. The fourth-order valence-electron chi connectivity index (χ4n) is 0.845. The molecule has 66 valence electrons. The van der Waals surface area contributed by atoms with Crippen LogP contribution in [-0.2, 0) is 6.54 Å². The summed E-state index contributed by atoms with van der Waals surface area (Å²) >= 11 is 10.8. The Morgan fingerprint density at radius 2 is 2.25 bits per heavy atom. The molecule has 1 rings (SSSR count). The van der Waals surface area contributed by atoms with Crippen LogP contribution in [0.5, 0.6) is 5.75 Å². The number of halogens is 2. The van der Waals surface area contributed by atoms with Crippen molar-refractivity contribution < 1.29 is 5.11 Å². The first kappa shape index (κ1) is 9.61. The molecule has 0 aromatic heterocycles. The summed E-state index contributed by atoms with van der Waals surface area (Å²) in [4.78, 5) is 2.22. The SMILES string of the molecule is Oc1cccc(CN(Cl)NCl)c1. The number of benzene rings is 1. The zero-order valence-electron chi connectivity index (χ0n) is 6.17. The van der Waals surface area contributed by atoms with Crippen molar-refractivity contribution in [1.29, 1.82) is 0 Å². The number of nitrogens with zero attached hydrogens (tertiary/aromatic N) is 1. The third-order valence-corrected chi connectivity index (χ3v) is 1.82. The molecule has 12 heavy (non-hydrogen) atoms. The molecule has 0 aliphatic heterocycles. The largest absolute Gasteiger partial charge is 0.508 e. The van der Waals surface area contributed by atoms with Gasteiger partial charge in [0.2, 0.25) is 0 Å². The highest BCUT2D eigenvalue weighted by Crippen LogP contribution is 2.12. The van der Waals surface area contributed by atoms with E-state index in [2.05, 4.69) is 4.94 Å². The quantitative estimate of drug-likeness (QED) is 0.587. The molecular weight excluding hydrogens is 199 g/mol. The van der Waals surface area contributed by atoms with E-state index in [0.29, 0.717) is 6.54 Å². The summed E-state index contributed by atoms with van der Waals surface area (Å²) in [5.74, 6) is 0.215. The molecule has 0 aliphatic carbocycles. The molecule has 0 fully saturated rings. The minimum absolute atomic E-state index is 0.215. The Morgan fingerprint density at radius 1 is 1.50 bits per heavy atom. The summed E-state index contributed by atoms with van der Waals surface area (Å²) < 4.78 is 1.18. The molecule has 0 saturated carbocycles. The molecule has 0 aliphatic rings. The molecule has 0 radical (unpaired) electrons. The van der Waals surface area contributed by atoms with E-state index in [9.17, 15) is 0 Å². The third kappa shape index (κ3) is 2.87. The van der Waals surface area contributed by atoms with Gasteiger partial charge in [0.15, 0.2) is 0 Å². The smallest absolute Gasteiger partial charge is 0.115 e. The Bertz CT molecular complexity index is 257. The predicted molar refractivity (Wildman–Crippen MR) is 48.5 cm³/mol. The minimum atomic E-state index is 0.215. The van der Waals surface area contributed by atoms with E-state index < -0.39 is 0 Å². The van der Waals surface area contributed by atoms with E-state index in [1.54, 1.807) is 18.2 Å². The van der Waals surface area contributed by atoms with Crippen LogP contribution in [0.4, 0.5) is 0 Å². The molecule has 0 spiro atoms. The van der Waals surface area contributed by atoms with Crippen LogP contribution in [0.15, 0.2) is 24.3 Å². The highest BCUT2D eigenvalue weighted by atomic mass is 35.5. The topological polar surface area (TPSA) is 35.5 Å². The summed E-state index contributed by atoms with van der Waals surface area (Å²) in [6.45, 7) is 0.416. The van der Waals surface area contributed by atoms with Crippen LogP contribution in [0.3, 0.4) is 0 Å². The van der Waals surface area contributed by atoms with Gasteiger partial charge >= 0.3 is 0 Å². The van der Waals surface area contributed by atoms with Gasteiger partial charge in [0, 0.05) is 0 Å². The Morgan fingerprint density at radius 3 is 2.83 bits per heavy atom. The van der Waals surface area contributed by atoms with Crippen molar-refractivity contribution in [3.63, 3.8) is 0 Å². The Balaban J connectivity index is 2.63. The number of nitrogens with one attached hydrogen (secondary N) is 1. The zero-order valence-corrected chi connectivity index (χ0v) is 7.68. The summed E-state index contributed by atoms with van der Waals surface area (Å²) in [7, 11) is 0. The lowest BCUT2D eigenvalue weighted by Crippen LogP contribution is -2.19. The number of hydrogen-bond donors (Lipinski definition) is 2. The number of hydrazine groups is 1. The van der Waals surface area contributed by atoms with E-state index in [0.717, 1.165) is 5.56 Å². The van der Waals surface area contributed by atoms with Crippen molar-refractivity contribution in [3.05, 3.63) is 29.8 Å². The standard InChI is InChI=1S/C7H8Cl2N2O/c8-10-11(9)5-6-2-1-3-7(12)4-6/h1-4,10,12H,5H2. The molecule has 0 bridgehead atoms. The Hall–Kier alpha value is -0.480. The van der Waals surface area contributed by atoms with E-state index in [4.69, 9.17) is 28.7 Å². The molecule has 5 heteroatoms. The molecule has 1 aromatic carbocycles. The lowest BCUT2D eigenvalue weighted by molar-refractivity contribution is 0.419. The van der Waals surface area contributed by atoms with Gasteiger partial charge in [0.25, 0.3) is 0 Å². The highest BCUT2D eigenvalue weighted by molar-refractivity contribution is 6.19. The lowest BCUT2D eigenvalue weighted by Gasteiger charge is -2.09. The average Bonchev–Trinajstić information content (AvgIpc) is 2.04. The molecule has 0 unspecified atom stereocenters. The van der Waals surface area contributed by atoms with Crippen LogP contribution in [0, 0.1) is 0 Å². The maximum absolute atomic E-state index is 9.08. The van der Waals surface area contributed by atoms with Gasteiger partial charge in [0.1, 0.15) is 5.75 Å². The number of hydrogen-bond acceptors (Lipinski definition) is 3. The molecule has 0 saturated heterocycles. The van der Waals surface area contributed by atoms with Gasteiger partial charge in [-0.1, -0.05) is 12.1 Å². The maximum Gasteiger partial charge on any atom is 0.115 e. The number of phenolic OH excluding ortho intramolecular Hbond substituents is 1. The number of rotatable bonds is 3. The van der Waals surface area contributed by atoms with Crippen LogP contribution in [0.25, 0.3) is 0 Å². The second-order valence-electron chi connectivity index (χ2n) is 2.27. The Kier molecular flexibility index (Phi) is 3.62. The van der Waals surface area contributed by atoms with Crippen molar-refractivity contribution in [3.8, 4) is 5.75 Å². The number of phenols is 1. The van der Waals surface area contributed by atoms with E-state index in [1.807, 2.05) is 6.07 Å². The summed E-state index contributed by atoms with van der Waals surface area (Å²) in [5, 5.41) is 9.08. The fourth-order valence-corrected chi connectivity index (χ4v) is 1.04. The third-order valence-electron chi connectivity index (χ3n) is 1.32. The van der Waals surface area contributed by atoms with Gasteiger partial charge in [-0.3, -0.25) is 0 Å². The molecule has 1 aromatic rings. The van der Waals surface area contributed by atoms with Gasteiger partial charge in [0.05, 0.1) is 6.54 Å². The predicted octanol–water partition coefficient (Wildman–Crippen LogP) is 2.01. The first-order valence-electron chi connectivity index (χ1n) is 3.30. The Labute approximate surface area is 80.7 Å². The van der Waals surface area contributed by atoms with Crippen LogP contribution >= 0.6 is 23.6 Å². The molecule has 0 atom stereocenters. The second kappa shape index (κ2) is 4.52. The van der Waals surface area contributed by atoms with Crippen molar-refractivity contribution in [1.82, 2.24) is 9.47 Å². The van der Waals surface area contributed by atoms with Crippen molar-refractivity contribution in [2.24, 2.45) is 0 Å². The van der Waals surface area contributed by atoms with E-state index in [1.165, 1.54) is 4.53 Å².